The molecule has 0 bridgehead atoms. The van der Waals surface area contributed by atoms with Crippen LogP contribution in [0.1, 0.15) is 22.4 Å². The summed E-state index contributed by atoms with van der Waals surface area (Å²) in [5.41, 5.74) is 4.83. The fourth-order valence-electron chi connectivity index (χ4n) is 3.82. The van der Waals surface area contributed by atoms with E-state index in [1.54, 1.807) is 35.6 Å². The summed E-state index contributed by atoms with van der Waals surface area (Å²) in [4.78, 5) is 7.14. The molecular weight excluding hydrogens is 438 g/mol. The van der Waals surface area contributed by atoms with Gasteiger partial charge in [0.15, 0.2) is 5.13 Å². The summed E-state index contributed by atoms with van der Waals surface area (Å²) < 4.78 is 27.4. The minimum absolute atomic E-state index is 0.171. The normalized spacial score (nSPS) is 15.5. The smallest absolute Gasteiger partial charge is 0.244 e. The Morgan fingerprint density at radius 2 is 1.70 bits per heavy atom. The van der Waals surface area contributed by atoms with Crippen LogP contribution >= 0.6 is 22.9 Å². The molecule has 30 heavy (non-hydrogen) atoms. The van der Waals surface area contributed by atoms with Crippen LogP contribution in [0.5, 0.6) is 0 Å². The zero-order chi connectivity index (χ0) is 21.3. The number of piperazine rings is 1. The van der Waals surface area contributed by atoms with Gasteiger partial charge in [0.05, 0.1) is 10.7 Å². The standard InChI is InChI=1S/C22H24ClN3O2S2/c1-16-11-17(2)13-18(12-16)14-19-15-29-22(24-19)25-7-9-26(10-8-25)30(27,28)21-6-4-3-5-20(21)23/h3-6,11-13,15H,7-10,14H2,1-2H3. The highest BCUT2D eigenvalue weighted by Crippen LogP contribution is 2.28. The van der Waals surface area contributed by atoms with Gasteiger partial charge in [0.1, 0.15) is 4.90 Å². The molecule has 0 atom stereocenters. The second kappa shape index (κ2) is 8.67. The maximum Gasteiger partial charge on any atom is 0.244 e. The molecule has 1 aliphatic heterocycles. The van der Waals surface area contributed by atoms with Gasteiger partial charge in [-0.05, 0) is 31.5 Å². The largest absolute Gasteiger partial charge is 0.345 e. The second-order valence-corrected chi connectivity index (χ2v) is 10.8. The zero-order valence-corrected chi connectivity index (χ0v) is 19.4. The van der Waals surface area contributed by atoms with Crippen LogP contribution < -0.4 is 4.90 Å². The Labute approximate surface area is 187 Å². The minimum Gasteiger partial charge on any atom is -0.345 e. The van der Waals surface area contributed by atoms with E-state index in [1.807, 2.05) is 0 Å². The molecule has 8 heteroatoms. The second-order valence-electron chi connectivity index (χ2n) is 7.62. The molecule has 158 valence electrons. The summed E-state index contributed by atoms with van der Waals surface area (Å²) in [6.07, 6.45) is 0.805. The predicted octanol–water partition coefficient (Wildman–Crippen LogP) is 4.52. The molecule has 0 aliphatic carbocycles. The molecule has 1 aromatic heterocycles. The number of benzene rings is 2. The Morgan fingerprint density at radius 3 is 2.37 bits per heavy atom. The molecular formula is C22H24ClN3O2S2. The third-order valence-electron chi connectivity index (χ3n) is 5.17. The lowest BCUT2D eigenvalue weighted by Gasteiger charge is -2.33. The molecule has 0 unspecified atom stereocenters. The van der Waals surface area contributed by atoms with Crippen LogP contribution in [0.25, 0.3) is 0 Å². The van der Waals surface area contributed by atoms with Gasteiger partial charge in [-0.25, -0.2) is 13.4 Å². The fourth-order valence-corrected chi connectivity index (χ4v) is 6.61. The Hall–Kier alpha value is -1.93. The van der Waals surface area contributed by atoms with Gasteiger partial charge in [-0.3, -0.25) is 0 Å². The van der Waals surface area contributed by atoms with E-state index in [9.17, 15) is 8.42 Å². The van der Waals surface area contributed by atoms with Gasteiger partial charge in [-0.1, -0.05) is 53.1 Å². The van der Waals surface area contributed by atoms with Crippen LogP contribution in [0.2, 0.25) is 5.02 Å². The lowest BCUT2D eigenvalue weighted by Crippen LogP contribution is -2.48. The van der Waals surface area contributed by atoms with E-state index < -0.39 is 10.0 Å². The van der Waals surface area contributed by atoms with Crippen LogP contribution in [-0.2, 0) is 16.4 Å². The summed E-state index contributed by atoms with van der Waals surface area (Å²) in [7, 11) is -3.58. The van der Waals surface area contributed by atoms with E-state index in [1.165, 1.54) is 21.0 Å². The Bertz CT molecular complexity index is 1130. The third-order valence-corrected chi connectivity index (χ3v) is 8.52. The number of hydrogen-bond acceptors (Lipinski definition) is 5. The molecule has 1 aliphatic rings. The number of rotatable bonds is 5. The van der Waals surface area contributed by atoms with Crippen molar-refractivity contribution in [3.63, 3.8) is 0 Å². The predicted molar refractivity (Wildman–Crippen MR) is 123 cm³/mol. The van der Waals surface area contributed by atoms with E-state index in [0.29, 0.717) is 26.2 Å². The van der Waals surface area contributed by atoms with Crippen molar-refractivity contribution in [1.29, 1.82) is 0 Å². The number of sulfonamides is 1. The summed E-state index contributed by atoms with van der Waals surface area (Å²) in [6, 6.07) is 13.2. The molecule has 0 saturated carbocycles. The molecule has 4 rings (SSSR count). The first-order valence-corrected chi connectivity index (χ1v) is 12.5. The highest BCUT2D eigenvalue weighted by atomic mass is 35.5. The Balaban J connectivity index is 1.42. The molecule has 2 heterocycles. The first kappa shape index (κ1) is 21.3. The molecule has 0 spiro atoms. The van der Waals surface area contributed by atoms with Gasteiger partial charge < -0.3 is 4.90 Å². The van der Waals surface area contributed by atoms with Crippen molar-refractivity contribution in [2.24, 2.45) is 0 Å². The van der Waals surface area contributed by atoms with E-state index in [2.05, 4.69) is 42.3 Å². The van der Waals surface area contributed by atoms with Crippen LogP contribution in [0.15, 0.2) is 52.7 Å². The monoisotopic (exact) mass is 461 g/mol. The number of halogens is 1. The number of aromatic nitrogens is 1. The van der Waals surface area contributed by atoms with Gasteiger partial charge >= 0.3 is 0 Å². The van der Waals surface area contributed by atoms with Crippen molar-refractivity contribution in [1.82, 2.24) is 9.29 Å². The summed E-state index contributed by atoms with van der Waals surface area (Å²) in [6.45, 7) is 6.28. The summed E-state index contributed by atoms with van der Waals surface area (Å²) in [5, 5.41) is 3.31. The van der Waals surface area contributed by atoms with Crippen molar-refractivity contribution >= 4 is 38.1 Å². The van der Waals surface area contributed by atoms with Gasteiger partial charge in [0, 0.05) is 38.0 Å². The number of anilines is 1. The van der Waals surface area contributed by atoms with Crippen LogP contribution in [0, 0.1) is 13.8 Å². The minimum atomic E-state index is -3.58. The van der Waals surface area contributed by atoms with E-state index >= 15 is 0 Å². The maximum absolute atomic E-state index is 12.9. The SMILES string of the molecule is Cc1cc(C)cc(Cc2csc(N3CCN(S(=O)(=O)c4ccccc4Cl)CC3)n2)c1. The lowest BCUT2D eigenvalue weighted by atomic mass is 10.0. The quantitative estimate of drug-likeness (QED) is 0.560. The van der Waals surface area contributed by atoms with Gasteiger partial charge in [0.25, 0.3) is 0 Å². The highest BCUT2D eigenvalue weighted by molar-refractivity contribution is 7.89. The molecule has 5 nitrogen and oxygen atoms in total. The molecule has 0 N–H and O–H groups in total. The third kappa shape index (κ3) is 4.54. The van der Waals surface area contributed by atoms with E-state index in [0.717, 1.165) is 17.2 Å². The lowest BCUT2D eigenvalue weighted by molar-refractivity contribution is 0.384. The summed E-state index contributed by atoms with van der Waals surface area (Å²) >= 11 is 7.73. The first-order chi connectivity index (χ1) is 14.3. The molecule has 1 fully saturated rings. The van der Waals surface area contributed by atoms with Gasteiger partial charge in [-0.2, -0.15) is 4.31 Å². The fraction of sp³-hybridized carbons (Fsp3) is 0.318. The topological polar surface area (TPSA) is 53.5 Å². The maximum atomic E-state index is 12.9. The van der Waals surface area contributed by atoms with Gasteiger partial charge in [-0.15, -0.1) is 11.3 Å². The zero-order valence-electron chi connectivity index (χ0n) is 17.0. The molecule has 0 radical (unpaired) electrons. The average molecular weight is 462 g/mol. The van der Waals surface area contributed by atoms with Gasteiger partial charge in [0.2, 0.25) is 10.0 Å². The summed E-state index contributed by atoms with van der Waals surface area (Å²) in [5.74, 6) is 0. The average Bonchev–Trinajstić information content (AvgIpc) is 3.16. The number of nitrogens with zero attached hydrogens (tertiary/aromatic N) is 3. The van der Waals surface area contributed by atoms with Crippen molar-refractivity contribution in [3.8, 4) is 0 Å². The Kier molecular flexibility index (Phi) is 6.16. The molecule has 3 aromatic rings. The number of aryl methyl sites for hydroxylation is 2. The van der Waals surface area contributed by atoms with Crippen LogP contribution in [-0.4, -0.2) is 43.9 Å². The molecule has 1 saturated heterocycles. The van der Waals surface area contributed by atoms with Crippen molar-refractivity contribution in [3.05, 3.63) is 75.3 Å². The van der Waals surface area contributed by atoms with E-state index in [-0.39, 0.29) is 9.92 Å². The Morgan fingerprint density at radius 1 is 1.03 bits per heavy atom. The highest BCUT2D eigenvalue weighted by Gasteiger charge is 2.30. The van der Waals surface area contributed by atoms with E-state index in [4.69, 9.17) is 16.6 Å². The number of thiazole rings is 1. The van der Waals surface area contributed by atoms with Crippen molar-refractivity contribution in [2.45, 2.75) is 25.2 Å². The molecule has 0 amide bonds. The van der Waals surface area contributed by atoms with Crippen LogP contribution in [0.3, 0.4) is 0 Å². The van der Waals surface area contributed by atoms with Crippen molar-refractivity contribution in [2.75, 3.05) is 31.1 Å². The molecule has 2 aromatic carbocycles. The van der Waals surface area contributed by atoms with Crippen molar-refractivity contribution < 1.29 is 8.42 Å². The first-order valence-electron chi connectivity index (χ1n) is 9.84. The number of hydrogen-bond donors (Lipinski definition) is 0. The van der Waals surface area contributed by atoms with Crippen LogP contribution in [0.4, 0.5) is 5.13 Å².